The van der Waals surface area contributed by atoms with Gasteiger partial charge in [-0.05, 0) is 12.1 Å². The third-order valence-electron chi connectivity index (χ3n) is 1.55. The van der Waals surface area contributed by atoms with E-state index in [0.717, 1.165) is 5.75 Å². The Kier molecular flexibility index (Phi) is 3.82. The monoisotopic (exact) mass is 171 g/mol. The average molecular weight is 171 g/mol. The van der Waals surface area contributed by atoms with Gasteiger partial charge in [-0.25, -0.2) is 0 Å². The molecule has 1 heterocycles. The molecular formula is C9H8KO+. The van der Waals surface area contributed by atoms with Crippen LogP contribution in [0.4, 0.5) is 0 Å². The summed E-state index contributed by atoms with van der Waals surface area (Å²) in [6.45, 7) is 0.705. The summed E-state index contributed by atoms with van der Waals surface area (Å²) < 4.78 is 5.34. The number of benzene rings is 1. The number of rotatable bonds is 0. The van der Waals surface area contributed by atoms with E-state index >= 15 is 0 Å². The summed E-state index contributed by atoms with van der Waals surface area (Å²) in [4.78, 5) is 0. The van der Waals surface area contributed by atoms with E-state index in [-0.39, 0.29) is 51.4 Å². The quantitative estimate of drug-likeness (QED) is 0.460. The molecule has 2 heteroatoms. The van der Waals surface area contributed by atoms with Crippen LogP contribution >= 0.6 is 0 Å². The molecule has 2 rings (SSSR count). The fourth-order valence-corrected chi connectivity index (χ4v) is 1.06. The Labute approximate surface area is 109 Å². The summed E-state index contributed by atoms with van der Waals surface area (Å²) in [5, 5.41) is 0. The van der Waals surface area contributed by atoms with Crippen LogP contribution in [0.5, 0.6) is 5.75 Å². The standard InChI is InChI=1S/C9H8O.K/c1-2-6-9-8(4-1)5-3-7-10-9;/h1-6H,7H2;/q;+1. The molecule has 0 saturated heterocycles. The van der Waals surface area contributed by atoms with Crippen molar-refractivity contribution >= 4 is 6.08 Å². The molecule has 0 radical (unpaired) electrons. The molecule has 0 atom stereocenters. The minimum Gasteiger partial charge on any atom is -0.489 e. The average Bonchev–Trinajstić information content (AvgIpc) is 2.05. The molecule has 11 heavy (non-hydrogen) atoms. The summed E-state index contributed by atoms with van der Waals surface area (Å²) in [7, 11) is 0. The molecule has 0 fully saturated rings. The zero-order valence-corrected chi connectivity index (χ0v) is 9.70. The number of hydrogen-bond donors (Lipinski definition) is 0. The fourth-order valence-electron chi connectivity index (χ4n) is 1.06. The van der Waals surface area contributed by atoms with Gasteiger partial charge in [0, 0.05) is 5.56 Å². The minimum absolute atomic E-state index is 0. The van der Waals surface area contributed by atoms with Crippen LogP contribution in [0.2, 0.25) is 0 Å². The van der Waals surface area contributed by atoms with Crippen LogP contribution < -0.4 is 56.1 Å². The molecule has 0 saturated carbocycles. The molecule has 0 aliphatic carbocycles. The van der Waals surface area contributed by atoms with E-state index in [9.17, 15) is 0 Å². The maximum absolute atomic E-state index is 5.34. The zero-order valence-electron chi connectivity index (χ0n) is 6.58. The third-order valence-corrected chi connectivity index (χ3v) is 1.55. The molecule has 0 amide bonds. The van der Waals surface area contributed by atoms with Crippen LogP contribution in [0, 0.1) is 0 Å². The predicted molar refractivity (Wildman–Crippen MR) is 41.0 cm³/mol. The SMILES string of the molecule is C1=Cc2ccccc2OC1.[K+]. The molecule has 1 aromatic rings. The summed E-state index contributed by atoms with van der Waals surface area (Å²) in [5.74, 6) is 0.991. The summed E-state index contributed by atoms with van der Waals surface area (Å²) in [6, 6.07) is 8.03. The van der Waals surface area contributed by atoms with Gasteiger partial charge in [-0.15, -0.1) is 0 Å². The van der Waals surface area contributed by atoms with Crippen LogP contribution in [-0.2, 0) is 0 Å². The Morgan fingerprint density at radius 3 is 2.82 bits per heavy atom. The Balaban J connectivity index is 0.000000605. The molecule has 1 aliphatic rings. The van der Waals surface area contributed by atoms with Crippen molar-refractivity contribution in [3.05, 3.63) is 35.9 Å². The number of para-hydroxylation sites is 1. The van der Waals surface area contributed by atoms with E-state index in [0.29, 0.717) is 6.61 Å². The first-order chi connectivity index (χ1) is 4.97. The van der Waals surface area contributed by atoms with E-state index in [2.05, 4.69) is 6.08 Å². The molecule has 0 bridgehead atoms. The maximum atomic E-state index is 5.34. The molecule has 50 valence electrons. The van der Waals surface area contributed by atoms with Gasteiger partial charge in [0.1, 0.15) is 12.4 Å². The predicted octanol–water partition coefficient (Wildman–Crippen LogP) is -0.904. The number of hydrogen-bond acceptors (Lipinski definition) is 1. The second kappa shape index (κ2) is 4.43. The zero-order chi connectivity index (χ0) is 6.81. The summed E-state index contributed by atoms with van der Waals surface area (Å²) in [5.41, 5.74) is 1.17. The van der Waals surface area contributed by atoms with Crippen molar-refractivity contribution in [1.29, 1.82) is 0 Å². The Hall–Kier alpha value is 0.396. The van der Waals surface area contributed by atoms with Gasteiger partial charge in [0.2, 0.25) is 0 Å². The molecule has 1 aromatic carbocycles. The van der Waals surface area contributed by atoms with Crippen molar-refractivity contribution in [3.63, 3.8) is 0 Å². The Morgan fingerprint density at radius 2 is 2.00 bits per heavy atom. The topological polar surface area (TPSA) is 9.23 Å². The van der Waals surface area contributed by atoms with Gasteiger partial charge in [0.05, 0.1) is 0 Å². The van der Waals surface area contributed by atoms with Crippen molar-refractivity contribution in [2.24, 2.45) is 0 Å². The van der Waals surface area contributed by atoms with Crippen LogP contribution in [0.3, 0.4) is 0 Å². The maximum Gasteiger partial charge on any atom is 1.00 e. The first-order valence-electron chi connectivity index (χ1n) is 3.35. The van der Waals surface area contributed by atoms with Gasteiger partial charge < -0.3 is 4.74 Å². The van der Waals surface area contributed by atoms with Gasteiger partial charge in [-0.1, -0.05) is 24.3 Å². The van der Waals surface area contributed by atoms with Crippen molar-refractivity contribution in [2.75, 3.05) is 6.61 Å². The first-order valence-corrected chi connectivity index (χ1v) is 3.35. The van der Waals surface area contributed by atoms with Crippen molar-refractivity contribution in [2.45, 2.75) is 0 Å². The third kappa shape index (κ3) is 2.17. The van der Waals surface area contributed by atoms with E-state index in [4.69, 9.17) is 4.74 Å². The van der Waals surface area contributed by atoms with Gasteiger partial charge in [-0.3, -0.25) is 0 Å². The van der Waals surface area contributed by atoms with Crippen LogP contribution in [0.1, 0.15) is 5.56 Å². The summed E-state index contributed by atoms with van der Waals surface area (Å²) >= 11 is 0. The van der Waals surface area contributed by atoms with Crippen molar-refractivity contribution in [1.82, 2.24) is 0 Å². The molecule has 0 spiro atoms. The van der Waals surface area contributed by atoms with E-state index in [1.54, 1.807) is 0 Å². The van der Waals surface area contributed by atoms with E-state index in [1.165, 1.54) is 5.56 Å². The Morgan fingerprint density at radius 1 is 1.18 bits per heavy atom. The van der Waals surface area contributed by atoms with E-state index in [1.807, 2.05) is 30.3 Å². The second-order valence-electron chi connectivity index (χ2n) is 2.25. The van der Waals surface area contributed by atoms with Crippen LogP contribution in [0.15, 0.2) is 30.3 Å². The molecule has 1 aliphatic heterocycles. The van der Waals surface area contributed by atoms with Crippen LogP contribution in [-0.4, -0.2) is 6.61 Å². The van der Waals surface area contributed by atoms with Gasteiger partial charge >= 0.3 is 51.4 Å². The second-order valence-corrected chi connectivity index (χ2v) is 2.25. The molecule has 0 N–H and O–H groups in total. The van der Waals surface area contributed by atoms with Gasteiger partial charge in [0.25, 0.3) is 0 Å². The van der Waals surface area contributed by atoms with Gasteiger partial charge in [0.15, 0.2) is 0 Å². The molecule has 0 unspecified atom stereocenters. The summed E-state index contributed by atoms with van der Waals surface area (Å²) in [6.07, 6.45) is 4.10. The number of fused-ring (bicyclic) bond motifs is 1. The van der Waals surface area contributed by atoms with E-state index < -0.39 is 0 Å². The first kappa shape index (κ1) is 9.48. The van der Waals surface area contributed by atoms with Crippen molar-refractivity contribution in [3.8, 4) is 5.75 Å². The Bertz CT molecular complexity index is 268. The minimum atomic E-state index is 0. The normalized spacial score (nSPS) is 12.7. The molecule has 0 aromatic heterocycles. The molecule has 1 nitrogen and oxygen atoms in total. The number of ether oxygens (including phenoxy) is 1. The van der Waals surface area contributed by atoms with Gasteiger partial charge in [-0.2, -0.15) is 0 Å². The largest absolute Gasteiger partial charge is 1.00 e. The molecular weight excluding hydrogens is 163 g/mol. The fraction of sp³-hybridized carbons (Fsp3) is 0.111. The van der Waals surface area contributed by atoms with Crippen LogP contribution in [0.25, 0.3) is 6.08 Å². The smallest absolute Gasteiger partial charge is 0.489 e. The van der Waals surface area contributed by atoms with Crippen molar-refractivity contribution < 1.29 is 56.1 Å².